The Morgan fingerprint density at radius 2 is 1.23 bits per heavy atom. The molecule has 0 heterocycles. The summed E-state index contributed by atoms with van der Waals surface area (Å²) in [6, 6.07) is 0. The molecule has 0 atom stereocenters. The Kier molecular flexibility index (Phi) is 14.3. The third kappa shape index (κ3) is 15.8. The fraction of sp³-hybridized carbons (Fsp3) is 0.667. The fourth-order valence-corrected chi connectivity index (χ4v) is 2.31. The molecule has 0 fully saturated rings. The van der Waals surface area contributed by atoms with E-state index in [1.165, 1.54) is 21.6 Å². The molecule has 0 radical (unpaired) electrons. The first-order valence-electron chi connectivity index (χ1n) is 3.27. The quantitative estimate of drug-likeness (QED) is 0.315. The molecule has 0 saturated carbocycles. The van der Waals surface area contributed by atoms with E-state index in [9.17, 15) is 19.8 Å². The van der Waals surface area contributed by atoms with Crippen LogP contribution in [0.5, 0.6) is 0 Å². The molecule has 0 aliphatic heterocycles. The van der Waals surface area contributed by atoms with Gasteiger partial charge in [-0.25, -0.2) is 0 Å². The van der Waals surface area contributed by atoms with Gasteiger partial charge in [0.2, 0.25) is 0 Å². The zero-order chi connectivity index (χ0) is 9.40. The van der Waals surface area contributed by atoms with Crippen LogP contribution in [0.1, 0.15) is 12.8 Å². The average molecular weight is 296 g/mol. The van der Waals surface area contributed by atoms with Gasteiger partial charge < -0.3 is 19.8 Å². The van der Waals surface area contributed by atoms with Crippen molar-refractivity contribution in [1.29, 1.82) is 0 Å². The molecule has 0 rings (SSSR count). The van der Waals surface area contributed by atoms with Crippen LogP contribution < -0.4 is 10.2 Å². The van der Waals surface area contributed by atoms with Gasteiger partial charge in [-0.2, -0.15) is 0 Å². The van der Waals surface area contributed by atoms with Crippen molar-refractivity contribution in [3.05, 3.63) is 0 Å². The van der Waals surface area contributed by atoms with Crippen molar-refractivity contribution in [1.82, 2.24) is 0 Å². The van der Waals surface area contributed by atoms with Crippen molar-refractivity contribution in [2.75, 3.05) is 11.5 Å². The topological polar surface area (TPSA) is 80.3 Å². The maximum atomic E-state index is 9.90. The zero-order valence-corrected chi connectivity index (χ0v) is 12.1. The fourth-order valence-electron chi connectivity index (χ4n) is 0.368. The van der Waals surface area contributed by atoms with E-state index in [0.29, 0.717) is 11.5 Å². The maximum Gasteiger partial charge on any atom is 2.00 e. The molecule has 0 N–H and O–H groups in total. The van der Waals surface area contributed by atoms with Crippen LogP contribution in [0, 0.1) is 0 Å². The van der Waals surface area contributed by atoms with Gasteiger partial charge in [0.1, 0.15) is 0 Å². The number of hydrogen-bond donors (Lipinski definition) is 0. The largest absolute Gasteiger partial charge is 2.00 e. The van der Waals surface area contributed by atoms with Crippen molar-refractivity contribution in [3.8, 4) is 0 Å². The molecular weight excluding hydrogens is 288 g/mol. The second kappa shape index (κ2) is 11.2. The van der Waals surface area contributed by atoms with Crippen LogP contribution >= 0.6 is 21.6 Å². The number of carbonyl (C=O) groups excluding carboxylic acids is 2. The predicted molar refractivity (Wildman–Crippen MR) is 49.9 cm³/mol. The van der Waals surface area contributed by atoms with Crippen LogP contribution in [0.3, 0.4) is 0 Å². The number of carboxylic acids is 2. The molecule has 0 aliphatic carbocycles. The predicted octanol–water partition coefficient (Wildman–Crippen LogP) is -1.73. The van der Waals surface area contributed by atoms with Crippen LogP contribution in [0.4, 0.5) is 0 Å². The van der Waals surface area contributed by atoms with E-state index in [0.717, 1.165) is 0 Å². The summed E-state index contributed by atoms with van der Waals surface area (Å²) in [5.74, 6) is -1.27. The van der Waals surface area contributed by atoms with E-state index < -0.39 is 11.9 Å². The molecule has 4 nitrogen and oxygen atoms in total. The van der Waals surface area contributed by atoms with Crippen LogP contribution in [-0.2, 0) is 9.59 Å². The Bertz CT molecular complexity index is 147. The minimum atomic E-state index is -1.08. The molecule has 0 saturated heterocycles. The Labute approximate surface area is 122 Å². The van der Waals surface area contributed by atoms with Crippen LogP contribution in [0.25, 0.3) is 0 Å². The van der Waals surface area contributed by atoms with E-state index in [-0.39, 0.29) is 58.3 Å². The van der Waals surface area contributed by atoms with Gasteiger partial charge in [-0.05, 0) is 12.8 Å². The molecule has 0 aromatic rings. The number of carboxylic acid groups (broad SMARTS) is 2. The van der Waals surface area contributed by atoms with Gasteiger partial charge >= 0.3 is 45.5 Å². The second-order valence-electron chi connectivity index (χ2n) is 1.89. The Morgan fingerprint density at radius 3 is 1.46 bits per heavy atom. The summed E-state index contributed by atoms with van der Waals surface area (Å²) < 4.78 is 0. The van der Waals surface area contributed by atoms with Gasteiger partial charge in [0, 0.05) is 23.4 Å². The monoisotopic (exact) mass is 296 g/mol. The number of hydrogen-bond acceptors (Lipinski definition) is 6. The minimum absolute atomic E-state index is 0. The molecule has 0 bridgehead atoms. The first kappa shape index (κ1) is 16.5. The molecule has 0 aromatic carbocycles. The summed E-state index contributed by atoms with van der Waals surface area (Å²) in [5.41, 5.74) is 0. The zero-order valence-electron chi connectivity index (χ0n) is 6.99. The summed E-state index contributed by atoms with van der Waals surface area (Å²) >= 11 is 0. The van der Waals surface area contributed by atoms with Crippen LogP contribution in [0.15, 0.2) is 0 Å². The number of aliphatic carboxylic acids is 2. The third-order valence-corrected chi connectivity index (χ3v) is 3.27. The molecule has 7 heteroatoms. The molecule has 70 valence electrons. The Morgan fingerprint density at radius 1 is 0.923 bits per heavy atom. The summed E-state index contributed by atoms with van der Waals surface area (Å²) in [7, 11) is 2.66. The standard InChI is InChI=1S/C6H10O4S2.Sr/c7-5(8)1-3-11-12-4-2-6(9)10;/h1-4H2,(H,7,8)(H,9,10);/q;+2/p-2. The van der Waals surface area contributed by atoms with Crippen LogP contribution in [0.2, 0.25) is 0 Å². The SMILES string of the molecule is O=C([O-])CCSSCCC(=O)[O-].[Sr+2]. The minimum Gasteiger partial charge on any atom is -0.550 e. The molecule has 0 aliphatic rings. The van der Waals surface area contributed by atoms with Gasteiger partial charge in [-0.15, -0.1) is 0 Å². The summed E-state index contributed by atoms with van der Waals surface area (Å²) in [6.45, 7) is 0. The number of carbonyl (C=O) groups is 2. The van der Waals surface area contributed by atoms with Gasteiger partial charge in [-0.3, -0.25) is 0 Å². The van der Waals surface area contributed by atoms with Crippen molar-refractivity contribution < 1.29 is 19.8 Å². The first-order chi connectivity index (χ1) is 5.63. The second-order valence-corrected chi connectivity index (χ2v) is 4.59. The maximum absolute atomic E-state index is 9.90. The first-order valence-corrected chi connectivity index (χ1v) is 5.76. The van der Waals surface area contributed by atoms with Gasteiger partial charge in [0.15, 0.2) is 0 Å². The summed E-state index contributed by atoms with van der Waals surface area (Å²) in [4.78, 5) is 19.8. The molecule has 0 amide bonds. The smallest absolute Gasteiger partial charge is 0.550 e. The van der Waals surface area contributed by atoms with Crippen molar-refractivity contribution >= 4 is 79.0 Å². The molecule has 0 aromatic heterocycles. The van der Waals surface area contributed by atoms with Crippen molar-refractivity contribution in [2.24, 2.45) is 0 Å². The van der Waals surface area contributed by atoms with Gasteiger partial charge in [0.05, 0.1) is 0 Å². The summed E-state index contributed by atoms with van der Waals surface area (Å²) in [6.07, 6.45) is 0.00593. The molecular formula is C6H8O4S2Sr. The van der Waals surface area contributed by atoms with E-state index in [1.54, 1.807) is 0 Å². The summed E-state index contributed by atoms with van der Waals surface area (Å²) in [5, 5.41) is 19.8. The normalized spacial score (nSPS) is 8.92. The van der Waals surface area contributed by atoms with E-state index in [4.69, 9.17) is 0 Å². The Balaban J connectivity index is 0. The van der Waals surface area contributed by atoms with Crippen LogP contribution in [-0.4, -0.2) is 68.9 Å². The van der Waals surface area contributed by atoms with E-state index in [1.807, 2.05) is 0 Å². The number of rotatable bonds is 7. The van der Waals surface area contributed by atoms with Gasteiger partial charge in [0.25, 0.3) is 0 Å². The molecule has 13 heavy (non-hydrogen) atoms. The van der Waals surface area contributed by atoms with E-state index in [2.05, 4.69) is 0 Å². The van der Waals surface area contributed by atoms with Crippen molar-refractivity contribution in [2.45, 2.75) is 12.8 Å². The third-order valence-electron chi connectivity index (χ3n) is 0.862. The average Bonchev–Trinajstić information content (AvgIpc) is 1.95. The van der Waals surface area contributed by atoms with Crippen molar-refractivity contribution in [3.63, 3.8) is 0 Å². The van der Waals surface area contributed by atoms with Gasteiger partial charge in [-0.1, -0.05) is 21.6 Å². The molecule has 0 spiro atoms. The van der Waals surface area contributed by atoms with E-state index >= 15 is 0 Å². The Hall–Kier alpha value is 1.12. The molecule has 0 unspecified atom stereocenters.